The minimum absolute atomic E-state index is 0.0376. The van der Waals surface area contributed by atoms with Gasteiger partial charge in [-0.05, 0) is 43.3 Å². The second kappa shape index (κ2) is 6.87. The Morgan fingerprint density at radius 3 is 2.30 bits per heavy atom. The van der Waals surface area contributed by atoms with Crippen LogP contribution in [0.25, 0.3) is 0 Å². The minimum atomic E-state index is -1.06. The zero-order chi connectivity index (χ0) is 17.0. The largest absolute Gasteiger partial charge is 0.481 e. The van der Waals surface area contributed by atoms with E-state index in [1.165, 1.54) is 37.3 Å². The van der Waals surface area contributed by atoms with E-state index in [0.717, 1.165) is 12.1 Å². The molecule has 0 bridgehead atoms. The molecule has 23 heavy (non-hydrogen) atoms. The Balaban J connectivity index is 1.99. The number of carbonyl (C=O) groups is 2. The zero-order valence-electron chi connectivity index (χ0n) is 12.2. The van der Waals surface area contributed by atoms with E-state index in [4.69, 9.17) is 10.5 Å². The number of anilines is 1. The molecule has 0 fully saturated rings. The third-order valence-corrected chi connectivity index (χ3v) is 3.01. The molecule has 7 heteroatoms. The Bertz CT molecular complexity index is 733. The predicted octanol–water partition coefficient (Wildman–Crippen LogP) is 2.47. The first-order chi connectivity index (χ1) is 10.9. The number of amides is 2. The first kappa shape index (κ1) is 16.4. The lowest BCUT2D eigenvalue weighted by molar-refractivity contribution is -0.122. The lowest BCUT2D eigenvalue weighted by Crippen LogP contribution is -2.30. The maximum absolute atomic E-state index is 13.1. The number of rotatable bonds is 5. The normalized spacial score (nSPS) is 11.6. The van der Waals surface area contributed by atoms with Gasteiger partial charge in [-0.3, -0.25) is 9.59 Å². The fourth-order valence-corrected chi connectivity index (χ4v) is 1.77. The Morgan fingerprint density at radius 2 is 1.74 bits per heavy atom. The monoisotopic (exact) mass is 320 g/mol. The van der Waals surface area contributed by atoms with Crippen LogP contribution in [-0.2, 0) is 4.79 Å². The highest BCUT2D eigenvalue weighted by Crippen LogP contribution is 2.17. The Kier molecular flexibility index (Phi) is 4.90. The molecule has 0 saturated heterocycles. The lowest BCUT2D eigenvalue weighted by atomic mass is 10.2. The van der Waals surface area contributed by atoms with Gasteiger partial charge in [0.1, 0.15) is 5.75 Å². The molecule has 0 radical (unpaired) electrons. The van der Waals surface area contributed by atoms with Gasteiger partial charge in [-0.15, -0.1) is 0 Å². The fraction of sp³-hybridized carbons (Fsp3) is 0.125. The van der Waals surface area contributed by atoms with Gasteiger partial charge < -0.3 is 15.8 Å². The van der Waals surface area contributed by atoms with E-state index in [-0.39, 0.29) is 5.75 Å². The quantitative estimate of drug-likeness (QED) is 0.888. The summed E-state index contributed by atoms with van der Waals surface area (Å²) < 4.78 is 31.2. The molecule has 0 aliphatic rings. The van der Waals surface area contributed by atoms with Crippen LogP contribution in [0, 0.1) is 11.6 Å². The molecule has 0 saturated carbocycles. The Labute approximate surface area is 131 Å². The number of nitrogens with two attached hydrogens (primary N) is 1. The fourth-order valence-electron chi connectivity index (χ4n) is 1.77. The van der Waals surface area contributed by atoms with Crippen LogP contribution in [0.15, 0.2) is 42.5 Å². The number of benzene rings is 2. The molecule has 0 aliphatic heterocycles. The van der Waals surface area contributed by atoms with E-state index in [1.54, 1.807) is 0 Å². The average molecular weight is 320 g/mol. The van der Waals surface area contributed by atoms with Gasteiger partial charge in [0.25, 0.3) is 5.91 Å². The van der Waals surface area contributed by atoms with Crippen LogP contribution in [0.3, 0.4) is 0 Å². The van der Waals surface area contributed by atoms with Gasteiger partial charge in [0.05, 0.1) is 0 Å². The summed E-state index contributed by atoms with van der Waals surface area (Å²) in [6.45, 7) is 1.47. The minimum Gasteiger partial charge on any atom is -0.481 e. The maximum Gasteiger partial charge on any atom is 0.265 e. The second-order valence-corrected chi connectivity index (χ2v) is 4.77. The van der Waals surface area contributed by atoms with Crippen molar-refractivity contribution in [2.45, 2.75) is 13.0 Å². The Hall–Kier alpha value is -2.96. The van der Waals surface area contributed by atoms with Crippen LogP contribution in [0.5, 0.6) is 5.75 Å². The SMILES string of the molecule is C[C@@H](Oc1ccc(F)c(F)c1)C(=O)Nc1ccc(C(N)=O)cc1. The average Bonchev–Trinajstić information content (AvgIpc) is 2.51. The maximum atomic E-state index is 13.1. The van der Waals surface area contributed by atoms with E-state index >= 15 is 0 Å². The molecule has 5 nitrogen and oxygen atoms in total. The van der Waals surface area contributed by atoms with Crippen molar-refractivity contribution in [2.24, 2.45) is 5.73 Å². The standard InChI is InChI=1S/C16H14F2N2O3/c1-9(23-12-6-7-13(17)14(18)8-12)16(22)20-11-4-2-10(3-5-11)15(19)21/h2-9H,1H3,(H2,19,21)(H,20,22)/t9-/m1/s1. The number of hydrogen-bond acceptors (Lipinski definition) is 3. The number of ether oxygens (including phenoxy) is 1. The molecule has 0 heterocycles. The summed E-state index contributed by atoms with van der Waals surface area (Å²) in [5.74, 6) is -3.07. The molecule has 2 aromatic carbocycles. The van der Waals surface area contributed by atoms with Crippen molar-refractivity contribution in [3.63, 3.8) is 0 Å². The summed E-state index contributed by atoms with van der Waals surface area (Å²) in [5, 5.41) is 2.57. The molecule has 0 aromatic heterocycles. The van der Waals surface area contributed by atoms with Crippen LogP contribution in [0.4, 0.5) is 14.5 Å². The summed E-state index contributed by atoms with van der Waals surface area (Å²) in [6.07, 6.45) is -0.935. The molecule has 0 spiro atoms. The highest BCUT2D eigenvalue weighted by atomic mass is 19.2. The highest BCUT2D eigenvalue weighted by Gasteiger charge is 2.16. The van der Waals surface area contributed by atoms with Gasteiger partial charge in [0.2, 0.25) is 5.91 Å². The second-order valence-electron chi connectivity index (χ2n) is 4.77. The van der Waals surface area contributed by atoms with E-state index in [2.05, 4.69) is 5.32 Å². The molecule has 2 aromatic rings. The molecule has 0 aliphatic carbocycles. The van der Waals surface area contributed by atoms with Crippen molar-refractivity contribution in [3.8, 4) is 5.75 Å². The first-order valence-electron chi connectivity index (χ1n) is 6.69. The molecular weight excluding hydrogens is 306 g/mol. The van der Waals surface area contributed by atoms with Crippen molar-refractivity contribution in [1.82, 2.24) is 0 Å². The van der Waals surface area contributed by atoms with Crippen LogP contribution < -0.4 is 15.8 Å². The number of carbonyl (C=O) groups excluding carboxylic acids is 2. The summed E-state index contributed by atoms with van der Waals surface area (Å²) in [7, 11) is 0. The van der Waals surface area contributed by atoms with Crippen LogP contribution >= 0.6 is 0 Å². The summed E-state index contributed by atoms with van der Waals surface area (Å²) in [4.78, 5) is 22.9. The third kappa shape index (κ3) is 4.26. The van der Waals surface area contributed by atoms with E-state index < -0.39 is 29.6 Å². The molecule has 0 unspecified atom stereocenters. The Morgan fingerprint density at radius 1 is 1.09 bits per heavy atom. The van der Waals surface area contributed by atoms with Crippen LogP contribution in [-0.4, -0.2) is 17.9 Å². The topological polar surface area (TPSA) is 81.4 Å². The molecule has 2 amide bonds. The lowest BCUT2D eigenvalue weighted by Gasteiger charge is -2.15. The molecule has 1 atom stereocenters. The van der Waals surface area contributed by atoms with E-state index in [1.807, 2.05) is 0 Å². The molecular formula is C16H14F2N2O3. The van der Waals surface area contributed by atoms with Crippen LogP contribution in [0.2, 0.25) is 0 Å². The van der Waals surface area contributed by atoms with E-state index in [0.29, 0.717) is 11.3 Å². The van der Waals surface area contributed by atoms with Crippen molar-refractivity contribution < 1.29 is 23.1 Å². The number of halogens is 2. The molecule has 120 valence electrons. The summed E-state index contributed by atoms with van der Waals surface area (Å²) in [6, 6.07) is 8.98. The first-order valence-corrected chi connectivity index (χ1v) is 6.69. The number of hydrogen-bond donors (Lipinski definition) is 2. The van der Waals surface area contributed by atoms with Crippen molar-refractivity contribution in [2.75, 3.05) is 5.32 Å². The third-order valence-electron chi connectivity index (χ3n) is 3.01. The van der Waals surface area contributed by atoms with E-state index in [9.17, 15) is 18.4 Å². The zero-order valence-corrected chi connectivity index (χ0v) is 12.2. The van der Waals surface area contributed by atoms with Gasteiger partial charge in [-0.25, -0.2) is 8.78 Å². The van der Waals surface area contributed by atoms with Gasteiger partial charge >= 0.3 is 0 Å². The van der Waals surface area contributed by atoms with Gasteiger partial charge in [-0.1, -0.05) is 0 Å². The van der Waals surface area contributed by atoms with Gasteiger partial charge in [-0.2, -0.15) is 0 Å². The molecule has 3 N–H and O–H groups in total. The van der Waals surface area contributed by atoms with Crippen molar-refractivity contribution >= 4 is 17.5 Å². The smallest absolute Gasteiger partial charge is 0.265 e. The predicted molar refractivity (Wildman–Crippen MR) is 80.0 cm³/mol. The molecule has 2 rings (SSSR count). The summed E-state index contributed by atoms with van der Waals surface area (Å²) >= 11 is 0. The van der Waals surface area contributed by atoms with Crippen molar-refractivity contribution in [1.29, 1.82) is 0 Å². The van der Waals surface area contributed by atoms with Crippen molar-refractivity contribution in [3.05, 3.63) is 59.7 Å². The summed E-state index contributed by atoms with van der Waals surface area (Å²) in [5.41, 5.74) is 5.88. The van der Waals surface area contributed by atoms with Gasteiger partial charge in [0.15, 0.2) is 17.7 Å². The van der Waals surface area contributed by atoms with Crippen LogP contribution in [0.1, 0.15) is 17.3 Å². The van der Waals surface area contributed by atoms with Gasteiger partial charge in [0, 0.05) is 17.3 Å². The number of nitrogens with one attached hydrogen (secondary N) is 1. The number of primary amides is 1. The highest BCUT2D eigenvalue weighted by molar-refractivity contribution is 5.96.